The van der Waals surface area contributed by atoms with Crippen molar-refractivity contribution in [1.29, 1.82) is 0 Å². The molecule has 2 aromatic rings. The molecule has 3 rings (SSSR count). The van der Waals surface area contributed by atoms with E-state index in [4.69, 9.17) is 4.74 Å². The maximum atomic E-state index is 12.5. The van der Waals surface area contributed by atoms with Gasteiger partial charge in [0.05, 0.1) is 24.5 Å². The third-order valence-electron chi connectivity index (χ3n) is 4.54. The maximum absolute atomic E-state index is 12.5. The van der Waals surface area contributed by atoms with Crippen LogP contribution < -0.4 is 0 Å². The van der Waals surface area contributed by atoms with Gasteiger partial charge in [-0.25, -0.2) is 4.68 Å². The zero-order valence-corrected chi connectivity index (χ0v) is 15.2. The number of carbonyl (C=O) groups excluding carboxylic acids is 1. The standard InChI is InChI=1S/C17H26N6O2/c1-4-25-12-15-10-23(20-18-15)16-5-7-21(11-16)17(24)6-8-22-14(3)9-13(2)19-22/h9-10,16H,4-8,11-12H2,1-3H3. The van der Waals surface area contributed by atoms with E-state index in [1.807, 2.05) is 47.3 Å². The molecule has 1 aliphatic rings. The first-order valence-electron chi connectivity index (χ1n) is 8.84. The lowest BCUT2D eigenvalue weighted by molar-refractivity contribution is -0.130. The van der Waals surface area contributed by atoms with Gasteiger partial charge in [0.25, 0.3) is 0 Å². The molecule has 0 bridgehead atoms. The highest BCUT2D eigenvalue weighted by Crippen LogP contribution is 2.21. The van der Waals surface area contributed by atoms with E-state index in [0.29, 0.717) is 32.7 Å². The van der Waals surface area contributed by atoms with Crippen molar-refractivity contribution in [3.8, 4) is 0 Å². The number of nitrogens with zero attached hydrogens (tertiary/aromatic N) is 6. The average Bonchev–Trinajstić information content (AvgIpc) is 3.30. The van der Waals surface area contributed by atoms with Gasteiger partial charge in [0.1, 0.15) is 5.69 Å². The zero-order valence-electron chi connectivity index (χ0n) is 15.2. The van der Waals surface area contributed by atoms with Crippen LogP contribution in [0.3, 0.4) is 0 Å². The zero-order chi connectivity index (χ0) is 17.8. The van der Waals surface area contributed by atoms with E-state index < -0.39 is 0 Å². The van der Waals surface area contributed by atoms with E-state index in [0.717, 1.165) is 30.0 Å². The van der Waals surface area contributed by atoms with Crippen LogP contribution >= 0.6 is 0 Å². The summed E-state index contributed by atoms with van der Waals surface area (Å²) >= 11 is 0. The lowest BCUT2D eigenvalue weighted by Gasteiger charge is -2.16. The molecular formula is C17H26N6O2. The van der Waals surface area contributed by atoms with Crippen LogP contribution in [0.5, 0.6) is 0 Å². The minimum absolute atomic E-state index is 0.171. The maximum Gasteiger partial charge on any atom is 0.224 e. The quantitative estimate of drug-likeness (QED) is 0.759. The second-order valence-electron chi connectivity index (χ2n) is 6.51. The number of aryl methyl sites for hydroxylation is 3. The normalized spacial score (nSPS) is 17.4. The number of hydrogen-bond donors (Lipinski definition) is 0. The third-order valence-corrected chi connectivity index (χ3v) is 4.54. The smallest absolute Gasteiger partial charge is 0.224 e. The third kappa shape index (κ3) is 4.25. The molecule has 1 amide bonds. The van der Waals surface area contributed by atoms with Gasteiger partial charge >= 0.3 is 0 Å². The Kier molecular flexibility index (Phi) is 5.47. The summed E-state index contributed by atoms with van der Waals surface area (Å²) in [6.07, 6.45) is 3.30. The van der Waals surface area contributed by atoms with Crippen molar-refractivity contribution in [2.75, 3.05) is 19.7 Å². The van der Waals surface area contributed by atoms with Gasteiger partial charge in [-0.3, -0.25) is 9.48 Å². The molecule has 136 valence electrons. The summed E-state index contributed by atoms with van der Waals surface area (Å²) in [5.74, 6) is 0.171. The highest BCUT2D eigenvalue weighted by atomic mass is 16.5. The summed E-state index contributed by atoms with van der Waals surface area (Å²) in [5, 5.41) is 12.7. The van der Waals surface area contributed by atoms with Crippen LogP contribution in [0.4, 0.5) is 0 Å². The Bertz CT molecular complexity index is 723. The van der Waals surface area contributed by atoms with E-state index >= 15 is 0 Å². The van der Waals surface area contributed by atoms with E-state index in [-0.39, 0.29) is 11.9 Å². The lowest BCUT2D eigenvalue weighted by Crippen LogP contribution is -2.30. The second-order valence-corrected chi connectivity index (χ2v) is 6.51. The van der Waals surface area contributed by atoms with Crippen molar-refractivity contribution in [2.24, 2.45) is 0 Å². The molecule has 0 aromatic carbocycles. The molecule has 8 heteroatoms. The average molecular weight is 346 g/mol. The van der Waals surface area contributed by atoms with Crippen LogP contribution in [0.25, 0.3) is 0 Å². The fraction of sp³-hybridized carbons (Fsp3) is 0.647. The molecule has 2 aromatic heterocycles. The topological polar surface area (TPSA) is 78.1 Å². The SMILES string of the molecule is CCOCc1cn(C2CCN(C(=O)CCn3nc(C)cc3C)C2)nn1. The molecule has 0 N–H and O–H groups in total. The Labute approximate surface area is 147 Å². The van der Waals surface area contributed by atoms with Gasteiger partial charge in [-0.15, -0.1) is 5.10 Å². The predicted molar refractivity (Wildman–Crippen MR) is 91.9 cm³/mol. The van der Waals surface area contributed by atoms with Gasteiger partial charge in [-0.05, 0) is 33.3 Å². The number of hydrogen-bond acceptors (Lipinski definition) is 5. The Morgan fingerprint density at radius 2 is 2.24 bits per heavy atom. The number of rotatable bonds is 7. The molecule has 1 unspecified atom stereocenters. The van der Waals surface area contributed by atoms with Crippen LogP contribution in [0.2, 0.25) is 0 Å². The van der Waals surface area contributed by atoms with E-state index in [9.17, 15) is 4.79 Å². The Hall–Kier alpha value is -2.22. The van der Waals surface area contributed by atoms with Crippen LogP contribution in [0.15, 0.2) is 12.3 Å². The molecule has 0 spiro atoms. The molecule has 1 saturated heterocycles. The minimum atomic E-state index is 0.171. The number of aromatic nitrogens is 5. The Morgan fingerprint density at radius 3 is 2.96 bits per heavy atom. The first-order chi connectivity index (χ1) is 12.1. The number of ether oxygens (including phenoxy) is 1. The largest absolute Gasteiger partial charge is 0.375 e. The molecule has 1 atom stereocenters. The molecule has 0 radical (unpaired) electrons. The summed E-state index contributed by atoms with van der Waals surface area (Å²) in [5.41, 5.74) is 2.91. The van der Waals surface area contributed by atoms with Gasteiger partial charge < -0.3 is 9.64 Å². The van der Waals surface area contributed by atoms with Crippen molar-refractivity contribution < 1.29 is 9.53 Å². The van der Waals surface area contributed by atoms with E-state index in [1.54, 1.807) is 0 Å². The van der Waals surface area contributed by atoms with Crippen LogP contribution in [0, 0.1) is 13.8 Å². The molecule has 8 nitrogen and oxygen atoms in total. The first kappa shape index (κ1) is 17.6. The van der Waals surface area contributed by atoms with Crippen LogP contribution in [-0.2, 0) is 22.7 Å². The van der Waals surface area contributed by atoms with Crippen molar-refractivity contribution >= 4 is 5.91 Å². The highest BCUT2D eigenvalue weighted by Gasteiger charge is 2.28. The van der Waals surface area contributed by atoms with Crippen molar-refractivity contribution in [3.63, 3.8) is 0 Å². The van der Waals surface area contributed by atoms with Crippen molar-refractivity contribution in [3.05, 3.63) is 29.3 Å². The van der Waals surface area contributed by atoms with Crippen molar-refractivity contribution in [2.45, 2.75) is 52.8 Å². The molecule has 3 heterocycles. The summed E-state index contributed by atoms with van der Waals surface area (Å²) in [6.45, 7) is 9.16. The number of amides is 1. The minimum Gasteiger partial charge on any atom is -0.375 e. The molecule has 1 aliphatic heterocycles. The fourth-order valence-corrected chi connectivity index (χ4v) is 3.21. The van der Waals surface area contributed by atoms with Gasteiger partial charge in [-0.1, -0.05) is 5.21 Å². The lowest BCUT2D eigenvalue weighted by atomic mass is 10.3. The Morgan fingerprint density at radius 1 is 1.40 bits per heavy atom. The Balaban J connectivity index is 1.50. The van der Waals surface area contributed by atoms with Gasteiger partial charge in [0.15, 0.2) is 0 Å². The molecular weight excluding hydrogens is 320 g/mol. The van der Waals surface area contributed by atoms with E-state index in [1.165, 1.54) is 0 Å². The monoisotopic (exact) mass is 346 g/mol. The van der Waals surface area contributed by atoms with Gasteiger partial charge in [0, 0.05) is 38.4 Å². The highest BCUT2D eigenvalue weighted by molar-refractivity contribution is 5.76. The van der Waals surface area contributed by atoms with Gasteiger partial charge in [0.2, 0.25) is 5.91 Å². The molecule has 0 saturated carbocycles. The van der Waals surface area contributed by atoms with Gasteiger partial charge in [-0.2, -0.15) is 5.10 Å². The summed E-state index contributed by atoms with van der Waals surface area (Å²) in [7, 11) is 0. The molecule has 25 heavy (non-hydrogen) atoms. The number of likely N-dealkylation sites (tertiary alicyclic amines) is 1. The summed E-state index contributed by atoms with van der Waals surface area (Å²) < 4.78 is 9.12. The molecule has 0 aliphatic carbocycles. The van der Waals surface area contributed by atoms with Crippen molar-refractivity contribution in [1.82, 2.24) is 29.7 Å². The first-order valence-corrected chi connectivity index (χ1v) is 8.84. The van der Waals surface area contributed by atoms with Crippen LogP contribution in [0.1, 0.15) is 42.9 Å². The fourth-order valence-electron chi connectivity index (χ4n) is 3.21. The second kappa shape index (κ2) is 7.77. The molecule has 1 fully saturated rings. The predicted octanol–water partition coefficient (Wildman–Crippen LogP) is 1.49. The summed E-state index contributed by atoms with van der Waals surface area (Å²) in [6, 6.07) is 2.22. The van der Waals surface area contributed by atoms with Crippen LogP contribution in [-0.4, -0.2) is 55.3 Å². The van der Waals surface area contributed by atoms with E-state index in [2.05, 4.69) is 15.4 Å². The summed E-state index contributed by atoms with van der Waals surface area (Å²) in [4.78, 5) is 14.4. The number of carbonyl (C=O) groups is 1.